The lowest BCUT2D eigenvalue weighted by Crippen LogP contribution is -2.05. The third-order valence-corrected chi connectivity index (χ3v) is 3.56. The number of aromatic amines is 1. The van der Waals surface area contributed by atoms with E-state index >= 15 is 0 Å². The van der Waals surface area contributed by atoms with Gasteiger partial charge in [0.15, 0.2) is 0 Å². The van der Waals surface area contributed by atoms with E-state index in [9.17, 15) is 0 Å². The van der Waals surface area contributed by atoms with Gasteiger partial charge in [-0.15, -0.1) is 0 Å². The van der Waals surface area contributed by atoms with Gasteiger partial charge in [-0.3, -0.25) is 0 Å². The number of para-hydroxylation sites is 1. The van der Waals surface area contributed by atoms with E-state index < -0.39 is 0 Å². The number of nitrogen functional groups attached to an aromatic ring is 1. The molecule has 2 aromatic heterocycles. The highest BCUT2D eigenvalue weighted by molar-refractivity contribution is 7.99. The molecule has 1 aromatic carbocycles. The number of rotatable bonds is 5. The van der Waals surface area contributed by atoms with E-state index in [0.717, 1.165) is 22.3 Å². The Morgan fingerprint density at radius 1 is 1.24 bits per heavy atom. The summed E-state index contributed by atoms with van der Waals surface area (Å²) in [7, 11) is 0. The van der Waals surface area contributed by atoms with Gasteiger partial charge in [0.05, 0.1) is 11.6 Å². The first-order chi connectivity index (χ1) is 10.2. The van der Waals surface area contributed by atoms with Crippen molar-refractivity contribution in [2.24, 2.45) is 0 Å². The Morgan fingerprint density at radius 2 is 2.10 bits per heavy atom. The highest BCUT2D eigenvalue weighted by atomic mass is 32.2. The van der Waals surface area contributed by atoms with Crippen LogP contribution in [0.15, 0.2) is 40.5 Å². The number of hydrogen-bond donors (Lipinski definition) is 2. The molecule has 0 saturated carbocycles. The molecule has 108 valence electrons. The number of fused-ring (bicyclic) bond motifs is 1. The van der Waals surface area contributed by atoms with E-state index in [0.29, 0.717) is 11.8 Å². The molecular weight excluding hydrogens is 286 g/mol. The first-order valence-electron chi connectivity index (χ1n) is 6.64. The Morgan fingerprint density at radius 3 is 2.90 bits per heavy atom. The summed E-state index contributed by atoms with van der Waals surface area (Å²) >= 11 is 1.40. The molecule has 0 bridgehead atoms. The number of ether oxygens (including phenoxy) is 1. The molecule has 2 heterocycles. The molecule has 0 amide bonds. The zero-order valence-electron chi connectivity index (χ0n) is 11.5. The fourth-order valence-corrected chi connectivity index (χ4v) is 2.66. The number of nitrogens with one attached hydrogen (secondary N) is 1. The smallest absolute Gasteiger partial charge is 0.322 e. The number of hydrogen-bond acceptors (Lipinski definition) is 6. The highest BCUT2D eigenvalue weighted by Crippen LogP contribution is 2.28. The maximum absolute atomic E-state index is 5.69. The number of benzene rings is 1. The van der Waals surface area contributed by atoms with Crippen LogP contribution in [0.5, 0.6) is 6.01 Å². The average Bonchev–Trinajstić information content (AvgIpc) is 2.86. The molecular formula is C14H15N5OS. The van der Waals surface area contributed by atoms with E-state index in [4.69, 9.17) is 10.5 Å². The van der Waals surface area contributed by atoms with E-state index in [1.165, 1.54) is 11.8 Å². The maximum atomic E-state index is 5.69. The van der Waals surface area contributed by atoms with Gasteiger partial charge in [0, 0.05) is 10.9 Å². The Kier molecular flexibility index (Phi) is 3.92. The number of anilines is 1. The molecule has 3 N–H and O–H groups in total. The minimum atomic E-state index is 0.162. The first-order valence-corrected chi connectivity index (χ1v) is 7.46. The second kappa shape index (κ2) is 6.01. The molecule has 7 heteroatoms. The van der Waals surface area contributed by atoms with Crippen molar-refractivity contribution in [2.45, 2.75) is 23.5 Å². The van der Waals surface area contributed by atoms with Crippen molar-refractivity contribution < 1.29 is 4.74 Å². The van der Waals surface area contributed by atoms with Crippen LogP contribution >= 0.6 is 11.8 Å². The van der Waals surface area contributed by atoms with Gasteiger partial charge in [-0.25, -0.2) is 0 Å². The fraction of sp³-hybridized carbons (Fsp3) is 0.214. The van der Waals surface area contributed by atoms with Gasteiger partial charge in [0.25, 0.3) is 0 Å². The van der Waals surface area contributed by atoms with Gasteiger partial charge in [0.1, 0.15) is 0 Å². The van der Waals surface area contributed by atoms with E-state index in [-0.39, 0.29) is 12.0 Å². The van der Waals surface area contributed by atoms with Crippen LogP contribution in [0.3, 0.4) is 0 Å². The monoisotopic (exact) mass is 301 g/mol. The molecule has 0 aliphatic rings. The van der Waals surface area contributed by atoms with E-state index in [1.54, 1.807) is 0 Å². The van der Waals surface area contributed by atoms with Crippen molar-refractivity contribution in [3.63, 3.8) is 0 Å². The van der Waals surface area contributed by atoms with Crippen LogP contribution < -0.4 is 10.5 Å². The molecule has 0 aliphatic carbocycles. The Balaban J connectivity index is 1.84. The maximum Gasteiger partial charge on any atom is 0.322 e. The number of nitrogens with two attached hydrogens (primary N) is 1. The van der Waals surface area contributed by atoms with Gasteiger partial charge in [-0.2, -0.15) is 15.0 Å². The lowest BCUT2D eigenvalue weighted by molar-refractivity contribution is 0.288. The Bertz CT molecular complexity index is 725. The third kappa shape index (κ3) is 3.25. The predicted molar refractivity (Wildman–Crippen MR) is 82.4 cm³/mol. The molecule has 0 unspecified atom stereocenters. The van der Waals surface area contributed by atoms with E-state index in [2.05, 4.69) is 19.9 Å². The van der Waals surface area contributed by atoms with Crippen molar-refractivity contribution in [2.75, 3.05) is 12.3 Å². The van der Waals surface area contributed by atoms with Crippen LogP contribution in [-0.2, 0) is 0 Å². The Labute approximate surface area is 126 Å². The van der Waals surface area contributed by atoms with Crippen LogP contribution in [0.4, 0.5) is 5.95 Å². The lowest BCUT2D eigenvalue weighted by atomic mass is 10.3. The molecule has 21 heavy (non-hydrogen) atoms. The summed E-state index contributed by atoms with van der Waals surface area (Å²) in [6.45, 7) is 2.57. The van der Waals surface area contributed by atoms with Gasteiger partial charge in [-0.1, -0.05) is 25.1 Å². The normalized spacial score (nSPS) is 10.9. The number of H-pyrrole nitrogens is 1. The molecule has 0 spiro atoms. The zero-order valence-corrected chi connectivity index (χ0v) is 12.4. The minimum absolute atomic E-state index is 0.162. The zero-order chi connectivity index (χ0) is 14.7. The molecule has 0 aliphatic heterocycles. The van der Waals surface area contributed by atoms with Crippen LogP contribution in [-0.4, -0.2) is 26.5 Å². The second-order valence-electron chi connectivity index (χ2n) is 4.43. The quantitative estimate of drug-likeness (QED) is 0.753. The Hall–Kier alpha value is -2.28. The van der Waals surface area contributed by atoms with Crippen molar-refractivity contribution >= 4 is 28.6 Å². The van der Waals surface area contributed by atoms with Crippen molar-refractivity contribution in [1.82, 2.24) is 19.9 Å². The summed E-state index contributed by atoms with van der Waals surface area (Å²) in [5, 5.41) is 2.60. The molecule has 6 nitrogen and oxygen atoms in total. The van der Waals surface area contributed by atoms with Crippen molar-refractivity contribution in [3.8, 4) is 6.01 Å². The summed E-state index contributed by atoms with van der Waals surface area (Å²) < 4.78 is 5.41. The summed E-state index contributed by atoms with van der Waals surface area (Å²) in [6, 6.07) is 10.4. The molecule has 0 radical (unpaired) electrons. The predicted octanol–water partition coefficient (Wildman–Crippen LogP) is 2.88. The lowest BCUT2D eigenvalue weighted by Gasteiger charge is -2.04. The van der Waals surface area contributed by atoms with Gasteiger partial charge < -0.3 is 15.5 Å². The average molecular weight is 301 g/mol. The van der Waals surface area contributed by atoms with Crippen molar-refractivity contribution in [3.05, 3.63) is 30.3 Å². The molecule has 3 rings (SSSR count). The van der Waals surface area contributed by atoms with Gasteiger partial charge >= 0.3 is 6.01 Å². The van der Waals surface area contributed by atoms with Gasteiger partial charge in [-0.05, 0) is 30.3 Å². The first kappa shape index (κ1) is 13.7. The van der Waals surface area contributed by atoms with Crippen LogP contribution in [0, 0.1) is 0 Å². The number of aromatic nitrogens is 4. The summed E-state index contributed by atoms with van der Waals surface area (Å²) in [5.41, 5.74) is 6.77. The SMILES string of the molecule is CCCOc1nc(N)nc(Sc2cc3ccccc3[nH]2)n1. The molecule has 3 aromatic rings. The standard InChI is InChI=1S/C14H15N5OS/c1-2-7-20-13-17-12(15)18-14(19-13)21-11-8-9-5-3-4-6-10(9)16-11/h3-6,8,16H,2,7H2,1H3,(H2,15,17,18,19). The summed E-state index contributed by atoms with van der Waals surface area (Å²) in [5.74, 6) is 0.162. The van der Waals surface area contributed by atoms with Gasteiger partial charge in [0.2, 0.25) is 11.1 Å². The van der Waals surface area contributed by atoms with Crippen molar-refractivity contribution in [1.29, 1.82) is 0 Å². The van der Waals surface area contributed by atoms with Crippen LogP contribution in [0.2, 0.25) is 0 Å². The number of nitrogens with zero attached hydrogens (tertiary/aromatic N) is 3. The fourth-order valence-electron chi connectivity index (χ4n) is 1.86. The molecule has 0 saturated heterocycles. The van der Waals surface area contributed by atoms with Crippen LogP contribution in [0.25, 0.3) is 10.9 Å². The molecule has 0 atom stereocenters. The summed E-state index contributed by atoms with van der Waals surface area (Å²) in [4.78, 5) is 15.7. The van der Waals surface area contributed by atoms with E-state index in [1.807, 2.05) is 37.3 Å². The van der Waals surface area contributed by atoms with Crippen LogP contribution in [0.1, 0.15) is 13.3 Å². The third-order valence-electron chi connectivity index (χ3n) is 2.75. The largest absolute Gasteiger partial charge is 0.463 e. The molecule has 0 fully saturated rings. The minimum Gasteiger partial charge on any atom is -0.463 e. The second-order valence-corrected chi connectivity index (χ2v) is 5.44. The highest BCUT2D eigenvalue weighted by Gasteiger charge is 2.09. The topological polar surface area (TPSA) is 89.7 Å². The summed E-state index contributed by atoms with van der Waals surface area (Å²) in [6.07, 6.45) is 0.885.